The van der Waals surface area contributed by atoms with Crippen molar-refractivity contribution in [1.82, 2.24) is 4.57 Å². The third-order valence-corrected chi connectivity index (χ3v) is 3.78. The number of ketones is 1. The Hall–Kier alpha value is -2.26. The molecule has 0 aliphatic heterocycles. The van der Waals surface area contributed by atoms with E-state index in [4.69, 9.17) is 16.3 Å². The van der Waals surface area contributed by atoms with Crippen molar-refractivity contribution in [3.63, 3.8) is 0 Å². The molecule has 0 saturated carbocycles. The Morgan fingerprint density at radius 2 is 1.86 bits per heavy atom. The van der Waals surface area contributed by atoms with Crippen LogP contribution in [-0.2, 0) is 7.05 Å². The van der Waals surface area contributed by atoms with Crippen molar-refractivity contribution in [2.75, 3.05) is 7.11 Å². The Balaban J connectivity index is 2.08. The predicted molar refractivity (Wildman–Crippen MR) is 84.4 cm³/mol. The van der Waals surface area contributed by atoms with Gasteiger partial charge in [-0.15, -0.1) is 0 Å². The monoisotopic (exact) mass is 299 g/mol. The van der Waals surface area contributed by atoms with Crippen LogP contribution in [-0.4, -0.2) is 17.5 Å². The van der Waals surface area contributed by atoms with Gasteiger partial charge in [-0.2, -0.15) is 0 Å². The van der Waals surface area contributed by atoms with Gasteiger partial charge in [-0.25, -0.2) is 0 Å². The zero-order valence-electron chi connectivity index (χ0n) is 11.8. The van der Waals surface area contributed by atoms with Gasteiger partial charge in [-0.3, -0.25) is 4.79 Å². The predicted octanol–water partition coefficient (Wildman–Crippen LogP) is 4.07. The van der Waals surface area contributed by atoms with Crippen LogP contribution in [0.5, 0.6) is 5.75 Å². The maximum atomic E-state index is 12.7. The molecule has 3 rings (SSSR count). The molecule has 0 radical (unpaired) electrons. The number of fused-ring (bicyclic) bond motifs is 1. The van der Waals surface area contributed by atoms with Crippen molar-refractivity contribution in [2.45, 2.75) is 0 Å². The molecule has 4 heteroatoms. The van der Waals surface area contributed by atoms with Crippen LogP contribution in [0, 0.1) is 0 Å². The summed E-state index contributed by atoms with van der Waals surface area (Å²) in [6.07, 6.45) is 1.84. The molecular weight excluding hydrogens is 286 g/mol. The van der Waals surface area contributed by atoms with Crippen LogP contribution in [0.3, 0.4) is 0 Å². The Labute approximate surface area is 127 Å². The molecule has 3 nitrogen and oxygen atoms in total. The van der Waals surface area contributed by atoms with Crippen molar-refractivity contribution in [1.29, 1.82) is 0 Å². The normalized spacial score (nSPS) is 10.8. The van der Waals surface area contributed by atoms with E-state index in [0.29, 0.717) is 16.1 Å². The minimum atomic E-state index is -0.00873. The van der Waals surface area contributed by atoms with Crippen molar-refractivity contribution in [3.8, 4) is 5.75 Å². The summed E-state index contributed by atoms with van der Waals surface area (Å²) >= 11 is 6.02. The number of aromatic nitrogens is 1. The molecule has 0 bridgehead atoms. The number of carbonyl (C=O) groups excluding carboxylic acids is 1. The summed E-state index contributed by atoms with van der Waals surface area (Å²) in [4.78, 5) is 12.7. The zero-order valence-corrected chi connectivity index (χ0v) is 12.5. The van der Waals surface area contributed by atoms with Crippen LogP contribution in [0.25, 0.3) is 10.9 Å². The lowest BCUT2D eigenvalue weighted by Crippen LogP contribution is -2.00. The SMILES string of the molecule is COc1ccc(C(=O)c2cn(C)c3cc(Cl)ccc23)cc1. The van der Waals surface area contributed by atoms with E-state index in [0.717, 1.165) is 16.7 Å². The Morgan fingerprint density at radius 1 is 1.14 bits per heavy atom. The van der Waals surface area contributed by atoms with Crippen LogP contribution in [0.4, 0.5) is 0 Å². The summed E-state index contributed by atoms with van der Waals surface area (Å²) in [5, 5.41) is 1.56. The van der Waals surface area contributed by atoms with Gasteiger partial charge in [0.1, 0.15) is 5.75 Å². The first kappa shape index (κ1) is 13.7. The van der Waals surface area contributed by atoms with E-state index in [1.54, 1.807) is 37.4 Å². The highest BCUT2D eigenvalue weighted by molar-refractivity contribution is 6.31. The number of hydrogen-bond acceptors (Lipinski definition) is 2. The highest BCUT2D eigenvalue weighted by atomic mass is 35.5. The molecule has 2 aromatic carbocycles. The molecule has 0 atom stereocenters. The third-order valence-electron chi connectivity index (χ3n) is 3.55. The molecule has 106 valence electrons. The van der Waals surface area contributed by atoms with Gasteiger partial charge in [-0.05, 0) is 36.4 Å². The molecule has 1 aromatic heterocycles. The number of rotatable bonds is 3. The Morgan fingerprint density at radius 3 is 2.52 bits per heavy atom. The number of nitrogens with zero attached hydrogens (tertiary/aromatic N) is 1. The maximum absolute atomic E-state index is 12.7. The minimum Gasteiger partial charge on any atom is -0.497 e. The minimum absolute atomic E-state index is 0.00873. The second kappa shape index (κ2) is 5.26. The summed E-state index contributed by atoms with van der Waals surface area (Å²) in [5.41, 5.74) is 2.26. The van der Waals surface area contributed by atoms with Crippen LogP contribution in [0.15, 0.2) is 48.7 Å². The highest BCUT2D eigenvalue weighted by Crippen LogP contribution is 2.26. The van der Waals surface area contributed by atoms with E-state index in [1.165, 1.54) is 0 Å². The molecule has 0 saturated heterocycles. The van der Waals surface area contributed by atoms with E-state index in [1.807, 2.05) is 29.9 Å². The fraction of sp³-hybridized carbons (Fsp3) is 0.118. The van der Waals surface area contributed by atoms with Gasteiger partial charge in [0.2, 0.25) is 0 Å². The van der Waals surface area contributed by atoms with Crippen LogP contribution < -0.4 is 4.74 Å². The third kappa shape index (κ3) is 2.41. The van der Waals surface area contributed by atoms with Crippen molar-refractivity contribution in [2.24, 2.45) is 7.05 Å². The lowest BCUT2D eigenvalue weighted by molar-refractivity contribution is 0.104. The van der Waals surface area contributed by atoms with Gasteiger partial charge < -0.3 is 9.30 Å². The number of hydrogen-bond donors (Lipinski definition) is 0. The summed E-state index contributed by atoms with van der Waals surface area (Å²) in [6, 6.07) is 12.7. The number of aryl methyl sites for hydroxylation is 1. The molecule has 0 amide bonds. The number of methoxy groups -OCH3 is 1. The first-order valence-electron chi connectivity index (χ1n) is 6.53. The largest absolute Gasteiger partial charge is 0.497 e. The zero-order chi connectivity index (χ0) is 15.0. The topological polar surface area (TPSA) is 31.2 Å². The van der Waals surface area contributed by atoms with Crippen LogP contribution >= 0.6 is 11.6 Å². The van der Waals surface area contributed by atoms with E-state index >= 15 is 0 Å². The summed E-state index contributed by atoms with van der Waals surface area (Å²) in [7, 11) is 3.51. The van der Waals surface area contributed by atoms with Gasteiger partial charge in [0.15, 0.2) is 5.78 Å². The molecule has 0 aliphatic rings. The lowest BCUT2D eigenvalue weighted by Gasteiger charge is -2.02. The summed E-state index contributed by atoms with van der Waals surface area (Å²) in [6.45, 7) is 0. The molecular formula is C17H14ClNO2. The van der Waals surface area contributed by atoms with Gasteiger partial charge in [0.05, 0.1) is 7.11 Å². The molecule has 1 heterocycles. The van der Waals surface area contributed by atoms with Gasteiger partial charge >= 0.3 is 0 Å². The average molecular weight is 300 g/mol. The standard InChI is InChI=1S/C17H14ClNO2/c1-19-10-15(14-8-5-12(18)9-16(14)19)17(20)11-3-6-13(21-2)7-4-11/h3-10H,1-2H3. The number of halogens is 1. The number of ether oxygens (including phenoxy) is 1. The second-order valence-electron chi connectivity index (χ2n) is 4.87. The van der Waals surface area contributed by atoms with Crippen molar-refractivity contribution >= 4 is 28.3 Å². The summed E-state index contributed by atoms with van der Waals surface area (Å²) in [5.74, 6) is 0.724. The first-order chi connectivity index (χ1) is 10.1. The number of carbonyl (C=O) groups is 1. The maximum Gasteiger partial charge on any atom is 0.195 e. The summed E-state index contributed by atoms with van der Waals surface area (Å²) < 4.78 is 7.03. The van der Waals surface area contributed by atoms with Gasteiger partial charge in [0.25, 0.3) is 0 Å². The smallest absolute Gasteiger partial charge is 0.195 e. The van der Waals surface area contributed by atoms with Crippen LogP contribution in [0.2, 0.25) is 5.02 Å². The second-order valence-corrected chi connectivity index (χ2v) is 5.31. The Bertz CT molecular complexity index is 819. The molecule has 3 aromatic rings. The first-order valence-corrected chi connectivity index (χ1v) is 6.91. The van der Waals surface area contributed by atoms with E-state index < -0.39 is 0 Å². The van der Waals surface area contributed by atoms with Crippen LogP contribution in [0.1, 0.15) is 15.9 Å². The highest BCUT2D eigenvalue weighted by Gasteiger charge is 2.16. The van der Waals surface area contributed by atoms with Gasteiger partial charge in [0, 0.05) is 40.3 Å². The molecule has 0 spiro atoms. The fourth-order valence-corrected chi connectivity index (χ4v) is 2.60. The molecule has 0 N–H and O–H groups in total. The molecule has 0 fully saturated rings. The molecule has 21 heavy (non-hydrogen) atoms. The quantitative estimate of drug-likeness (QED) is 0.683. The molecule has 0 aliphatic carbocycles. The average Bonchev–Trinajstić information content (AvgIpc) is 2.83. The van der Waals surface area contributed by atoms with Crippen molar-refractivity contribution < 1.29 is 9.53 Å². The van der Waals surface area contributed by atoms with Crippen molar-refractivity contribution in [3.05, 3.63) is 64.8 Å². The lowest BCUT2D eigenvalue weighted by atomic mass is 10.0. The van der Waals surface area contributed by atoms with E-state index in [-0.39, 0.29) is 5.78 Å². The van der Waals surface area contributed by atoms with E-state index in [2.05, 4.69) is 0 Å². The van der Waals surface area contributed by atoms with E-state index in [9.17, 15) is 4.79 Å². The number of benzene rings is 2. The van der Waals surface area contributed by atoms with Gasteiger partial charge in [-0.1, -0.05) is 17.7 Å². The molecule has 0 unspecified atom stereocenters. The Kier molecular flexibility index (Phi) is 3.43. The fourth-order valence-electron chi connectivity index (χ4n) is 2.44.